The van der Waals surface area contributed by atoms with Gasteiger partial charge in [0, 0.05) is 12.5 Å². The predicted molar refractivity (Wildman–Crippen MR) is 63.2 cm³/mol. The lowest BCUT2D eigenvalue weighted by molar-refractivity contribution is -0.121. The Bertz CT molecular complexity index is 173. The number of hydrogen-bond acceptors (Lipinski definition) is 3. The normalized spacial score (nSPS) is 12.9. The molecule has 4 heteroatoms. The Hall–Kier alpha value is -0.610. The van der Waals surface area contributed by atoms with Gasteiger partial charge >= 0.3 is 0 Å². The second-order valence-corrected chi connectivity index (χ2v) is 4.12. The molecule has 0 radical (unpaired) electrons. The van der Waals surface area contributed by atoms with Gasteiger partial charge in [0.25, 0.3) is 0 Å². The van der Waals surface area contributed by atoms with Gasteiger partial charge < -0.3 is 4.90 Å². The van der Waals surface area contributed by atoms with Crippen LogP contribution < -0.4 is 11.3 Å². The van der Waals surface area contributed by atoms with E-state index in [4.69, 9.17) is 5.84 Å². The van der Waals surface area contributed by atoms with Gasteiger partial charge in [-0.3, -0.25) is 10.2 Å². The highest BCUT2D eigenvalue weighted by Gasteiger charge is 2.05. The fraction of sp³-hybridized carbons (Fsp3) is 0.909. The van der Waals surface area contributed by atoms with E-state index in [2.05, 4.69) is 31.2 Å². The predicted octanol–water partition coefficient (Wildman–Crippen LogP) is 1.27. The lowest BCUT2D eigenvalue weighted by Crippen LogP contribution is -2.30. The van der Waals surface area contributed by atoms with Crippen molar-refractivity contribution in [1.82, 2.24) is 10.3 Å². The third kappa shape index (κ3) is 7.33. The van der Waals surface area contributed by atoms with Gasteiger partial charge in [0.15, 0.2) is 0 Å². The number of amides is 1. The first-order valence-corrected chi connectivity index (χ1v) is 5.81. The first-order chi connectivity index (χ1) is 7.11. The molecule has 1 unspecified atom stereocenters. The van der Waals surface area contributed by atoms with E-state index in [0.29, 0.717) is 12.5 Å². The quantitative estimate of drug-likeness (QED) is 0.277. The van der Waals surface area contributed by atoms with Gasteiger partial charge in [-0.25, -0.2) is 5.84 Å². The molecule has 0 spiro atoms. The minimum atomic E-state index is -0.0646. The third-order valence-corrected chi connectivity index (χ3v) is 2.92. The molecule has 0 saturated heterocycles. The zero-order valence-electron chi connectivity index (χ0n) is 10.3. The zero-order chi connectivity index (χ0) is 11.7. The maximum Gasteiger partial charge on any atom is 0.233 e. The van der Waals surface area contributed by atoms with Crippen LogP contribution in [0.4, 0.5) is 0 Å². The van der Waals surface area contributed by atoms with E-state index in [-0.39, 0.29) is 5.91 Å². The van der Waals surface area contributed by atoms with E-state index in [9.17, 15) is 4.79 Å². The summed E-state index contributed by atoms with van der Waals surface area (Å²) >= 11 is 0. The van der Waals surface area contributed by atoms with E-state index >= 15 is 0 Å². The van der Waals surface area contributed by atoms with Crippen LogP contribution in [-0.2, 0) is 4.79 Å². The highest BCUT2D eigenvalue weighted by atomic mass is 16.2. The number of unbranched alkanes of at least 4 members (excludes halogenated alkanes) is 2. The Labute approximate surface area is 93.2 Å². The number of nitrogens with one attached hydrogen (secondary N) is 1. The lowest BCUT2D eigenvalue weighted by atomic mass is 10.1. The summed E-state index contributed by atoms with van der Waals surface area (Å²) in [6, 6.07) is 0.650. The average Bonchev–Trinajstić information content (AvgIpc) is 2.26. The highest BCUT2D eigenvalue weighted by Crippen LogP contribution is 2.05. The average molecular weight is 215 g/mol. The van der Waals surface area contributed by atoms with E-state index in [1.165, 1.54) is 6.42 Å². The van der Waals surface area contributed by atoms with Crippen molar-refractivity contribution >= 4 is 5.91 Å². The molecule has 0 aromatic heterocycles. The van der Waals surface area contributed by atoms with Crippen LogP contribution >= 0.6 is 0 Å². The molecule has 3 N–H and O–H groups in total. The number of hydrogen-bond donors (Lipinski definition) is 2. The van der Waals surface area contributed by atoms with Gasteiger partial charge in [-0.05, 0) is 39.8 Å². The minimum absolute atomic E-state index is 0.0646. The summed E-state index contributed by atoms with van der Waals surface area (Å²) in [6.07, 6.45) is 4.90. The summed E-state index contributed by atoms with van der Waals surface area (Å²) < 4.78 is 0. The largest absolute Gasteiger partial charge is 0.304 e. The van der Waals surface area contributed by atoms with Crippen molar-refractivity contribution < 1.29 is 4.79 Å². The van der Waals surface area contributed by atoms with Crippen molar-refractivity contribution in [3.05, 3.63) is 0 Å². The number of nitrogens with two attached hydrogens (primary N) is 1. The molecule has 0 aliphatic heterocycles. The van der Waals surface area contributed by atoms with Crippen LogP contribution in [0.1, 0.15) is 46.0 Å². The second kappa shape index (κ2) is 8.68. The maximum atomic E-state index is 10.8. The van der Waals surface area contributed by atoms with Gasteiger partial charge in [-0.1, -0.05) is 13.3 Å². The highest BCUT2D eigenvalue weighted by molar-refractivity contribution is 5.74. The molecule has 0 aromatic rings. The van der Waals surface area contributed by atoms with Gasteiger partial charge in [0.05, 0.1) is 0 Å². The maximum absolute atomic E-state index is 10.8. The number of carbonyl (C=O) groups is 1. The molecule has 4 nitrogen and oxygen atoms in total. The first kappa shape index (κ1) is 14.4. The zero-order valence-corrected chi connectivity index (χ0v) is 10.3. The molecule has 90 valence electrons. The summed E-state index contributed by atoms with van der Waals surface area (Å²) in [7, 11) is 2.15. The number of nitrogens with zero attached hydrogens (tertiary/aromatic N) is 1. The van der Waals surface area contributed by atoms with E-state index in [0.717, 1.165) is 25.8 Å². The fourth-order valence-electron chi connectivity index (χ4n) is 1.43. The second-order valence-electron chi connectivity index (χ2n) is 4.12. The topological polar surface area (TPSA) is 58.4 Å². The smallest absolute Gasteiger partial charge is 0.233 e. The van der Waals surface area contributed by atoms with Crippen molar-refractivity contribution in [2.45, 2.75) is 52.0 Å². The monoisotopic (exact) mass is 215 g/mol. The molecular formula is C11H25N3O. The van der Waals surface area contributed by atoms with Crippen molar-refractivity contribution in [3.63, 3.8) is 0 Å². The molecule has 0 rings (SSSR count). The van der Waals surface area contributed by atoms with E-state index < -0.39 is 0 Å². The summed E-state index contributed by atoms with van der Waals surface area (Å²) in [5.74, 6) is 4.92. The molecule has 0 saturated carbocycles. The molecule has 1 atom stereocenters. The summed E-state index contributed by atoms with van der Waals surface area (Å²) in [5.41, 5.74) is 2.14. The number of hydrazine groups is 1. The van der Waals surface area contributed by atoms with Crippen LogP contribution in [0.15, 0.2) is 0 Å². The fourth-order valence-corrected chi connectivity index (χ4v) is 1.43. The molecule has 0 aliphatic carbocycles. The van der Waals surface area contributed by atoms with Crippen LogP contribution in [0.5, 0.6) is 0 Å². The summed E-state index contributed by atoms with van der Waals surface area (Å²) in [4.78, 5) is 13.2. The molecule has 0 heterocycles. The van der Waals surface area contributed by atoms with Crippen molar-refractivity contribution in [2.75, 3.05) is 13.6 Å². The Kier molecular flexibility index (Phi) is 8.33. The molecule has 0 fully saturated rings. The summed E-state index contributed by atoms with van der Waals surface area (Å²) in [6.45, 7) is 5.55. The van der Waals surface area contributed by atoms with Gasteiger partial charge in [-0.15, -0.1) is 0 Å². The van der Waals surface area contributed by atoms with E-state index in [1.807, 2.05) is 0 Å². The van der Waals surface area contributed by atoms with Crippen LogP contribution in [0.25, 0.3) is 0 Å². The summed E-state index contributed by atoms with van der Waals surface area (Å²) in [5, 5.41) is 0. The van der Waals surface area contributed by atoms with E-state index in [1.54, 1.807) is 0 Å². The first-order valence-electron chi connectivity index (χ1n) is 5.81. The Morgan fingerprint density at radius 2 is 2.07 bits per heavy atom. The van der Waals surface area contributed by atoms with Crippen molar-refractivity contribution in [2.24, 2.45) is 5.84 Å². The van der Waals surface area contributed by atoms with Gasteiger partial charge in [0.1, 0.15) is 0 Å². The molecule has 0 aliphatic rings. The van der Waals surface area contributed by atoms with Gasteiger partial charge in [0.2, 0.25) is 5.91 Å². The molecule has 0 bridgehead atoms. The SMILES string of the molecule is CCC(C)N(C)CCCCCC(=O)NN. The molecular weight excluding hydrogens is 190 g/mol. The standard InChI is InChI=1S/C11H25N3O/c1-4-10(2)14(3)9-7-5-6-8-11(15)13-12/h10H,4-9,12H2,1-3H3,(H,13,15). The third-order valence-electron chi connectivity index (χ3n) is 2.92. The Morgan fingerprint density at radius 1 is 1.40 bits per heavy atom. The van der Waals surface area contributed by atoms with Crippen LogP contribution in [0, 0.1) is 0 Å². The molecule has 15 heavy (non-hydrogen) atoms. The van der Waals surface area contributed by atoms with Crippen LogP contribution in [0.3, 0.4) is 0 Å². The van der Waals surface area contributed by atoms with Crippen molar-refractivity contribution in [1.29, 1.82) is 0 Å². The number of carbonyl (C=O) groups excluding carboxylic acids is 1. The van der Waals surface area contributed by atoms with Gasteiger partial charge in [-0.2, -0.15) is 0 Å². The van der Waals surface area contributed by atoms with Crippen LogP contribution in [0.2, 0.25) is 0 Å². The molecule has 1 amide bonds. The minimum Gasteiger partial charge on any atom is -0.304 e. The Balaban J connectivity index is 3.34. The molecule has 0 aromatic carbocycles. The lowest BCUT2D eigenvalue weighted by Gasteiger charge is -2.23. The van der Waals surface area contributed by atoms with Crippen molar-refractivity contribution in [3.8, 4) is 0 Å². The number of rotatable bonds is 8. The van der Waals surface area contributed by atoms with Crippen LogP contribution in [-0.4, -0.2) is 30.4 Å². The Morgan fingerprint density at radius 3 is 2.60 bits per heavy atom.